The normalized spacial score (nSPS) is 10.5. The summed E-state index contributed by atoms with van der Waals surface area (Å²) < 4.78 is 14.8. The summed E-state index contributed by atoms with van der Waals surface area (Å²) in [5.41, 5.74) is 0.906. The lowest BCUT2D eigenvalue weighted by molar-refractivity contribution is 0.0891. The number of hydrogen-bond acceptors (Lipinski definition) is 3. The Morgan fingerprint density at radius 2 is 2.00 bits per heavy atom. The molecule has 0 radical (unpaired) electrons. The molecule has 2 rings (SSSR count). The second kappa shape index (κ2) is 5.14. The molecule has 1 aromatic carbocycles. The second-order valence-electron chi connectivity index (χ2n) is 4.36. The van der Waals surface area contributed by atoms with Crippen LogP contribution in [0.15, 0.2) is 30.5 Å². The number of aromatic nitrogens is 2. The minimum atomic E-state index is -0.448. The third-order valence-electron chi connectivity index (χ3n) is 2.81. The zero-order valence-electron chi connectivity index (χ0n) is 10.7. The summed E-state index contributed by atoms with van der Waals surface area (Å²) in [7, 11) is 1.69. The number of hydrogen-bond donors (Lipinski definition) is 0. The third-order valence-corrected chi connectivity index (χ3v) is 2.81. The molecule has 0 amide bonds. The minimum Gasteiger partial charge on any atom is -0.294 e. The molecule has 0 atom stereocenters. The number of aryl methyl sites for hydroxylation is 2. The van der Waals surface area contributed by atoms with Crippen LogP contribution in [0.1, 0.15) is 32.8 Å². The molecule has 0 aliphatic heterocycles. The highest BCUT2D eigenvalue weighted by molar-refractivity contribution is 6.12. The standard InChI is InChI=1S/C14H13FN2O2/c1-9-3-4-10(7-11(9)15)13(18)8-14(19)12-5-6-17(2)16-12/h3-7H,8H2,1-2H3. The lowest BCUT2D eigenvalue weighted by Gasteiger charge is -2.01. The Morgan fingerprint density at radius 3 is 2.58 bits per heavy atom. The largest absolute Gasteiger partial charge is 0.294 e. The van der Waals surface area contributed by atoms with E-state index in [4.69, 9.17) is 0 Å². The molecule has 0 unspecified atom stereocenters. The predicted molar refractivity (Wildman–Crippen MR) is 67.6 cm³/mol. The second-order valence-corrected chi connectivity index (χ2v) is 4.36. The highest BCUT2D eigenvalue weighted by atomic mass is 19.1. The Balaban J connectivity index is 2.12. The van der Waals surface area contributed by atoms with E-state index in [2.05, 4.69) is 5.10 Å². The van der Waals surface area contributed by atoms with E-state index in [1.807, 2.05) is 0 Å². The average molecular weight is 260 g/mol. The van der Waals surface area contributed by atoms with E-state index in [1.165, 1.54) is 16.8 Å². The van der Waals surface area contributed by atoms with Gasteiger partial charge in [0.2, 0.25) is 0 Å². The average Bonchev–Trinajstić information content (AvgIpc) is 2.79. The van der Waals surface area contributed by atoms with Crippen LogP contribution in [-0.4, -0.2) is 21.3 Å². The lowest BCUT2D eigenvalue weighted by atomic mass is 10.0. The Bertz CT molecular complexity index is 647. The van der Waals surface area contributed by atoms with Gasteiger partial charge in [-0.25, -0.2) is 4.39 Å². The van der Waals surface area contributed by atoms with Crippen molar-refractivity contribution in [3.05, 3.63) is 53.1 Å². The number of Topliss-reactive ketones (excluding diaryl/α,β-unsaturated/α-hetero) is 2. The number of rotatable bonds is 4. The molecule has 2 aromatic rings. The molecule has 5 heteroatoms. The fourth-order valence-electron chi connectivity index (χ4n) is 1.67. The van der Waals surface area contributed by atoms with Crippen molar-refractivity contribution in [3.63, 3.8) is 0 Å². The van der Waals surface area contributed by atoms with Gasteiger partial charge in [-0.15, -0.1) is 0 Å². The van der Waals surface area contributed by atoms with Gasteiger partial charge >= 0.3 is 0 Å². The molecule has 19 heavy (non-hydrogen) atoms. The highest BCUT2D eigenvalue weighted by Gasteiger charge is 2.16. The van der Waals surface area contributed by atoms with Crippen molar-refractivity contribution >= 4 is 11.6 Å². The first-order valence-corrected chi connectivity index (χ1v) is 5.79. The smallest absolute Gasteiger partial charge is 0.190 e. The maximum Gasteiger partial charge on any atom is 0.190 e. The van der Waals surface area contributed by atoms with Gasteiger partial charge in [-0.1, -0.05) is 12.1 Å². The molecule has 1 aromatic heterocycles. The molecule has 0 saturated heterocycles. The van der Waals surface area contributed by atoms with Crippen molar-refractivity contribution in [2.45, 2.75) is 13.3 Å². The summed E-state index contributed by atoms with van der Waals surface area (Å²) in [4.78, 5) is 23.7. The third kappa shape index (κ3) is 2.93. The Kier molecular flexibility index (Phi) is 3.55. The molecule has 1 heterocycles. The molecule has 0 spiro atoms. The fraction of sp³-hybridized carbons (Fsp3) is 0.214. The number of nitrogens with zero attached hydrogens (tertiary/aromatic N) is 2. The van der Waals surface area contributed by atoms with Crippen molar-refractivity contribution < 1.29 is 14.0 Å². The van der Waals surface area contributed by atoms with Gasteiger partial charge < -0.3 is 0 Å². The summed E-state index contributed by atoms with van der Waals surface area (Å²) in [6.07, 6.45) is 1.32. The monoisotopic (exact) mass is 260 g/mol. The van der Waals surface area contributed by atoms with Crippen LogP contribution in [0.2, 0.25) is 0 Å². The van der Waals surface area contributed by atoms with E-state index in [9.17, 15) is 14.0 Å². The van der Waals surface area contributed by atoms with Gasteiger partial charge in [0.25, 0.3) is 0 Å². The van der Waals surface area contributed by atoms with Gasteiger partial charge in [-0.3, -0.25) is 14.3 Å². The molecule has 0 fully saturated rings. The summed E-state index contributed by atoms with van der Waals surface area (Å²) in [5.74, 6) is -1.22. The summed E-state index contributed by atoms with van der Waals surface area (Å²) in [6, 6.07) is 5.75. The van der Waals surface area contributed by atoms with Crippen LogP contribution in [0.4, 0.5) is 4.39 Å². The quantitative estimate of drug-likeness (QED) is 0.626. The van der Waals surface area contributed by atoms with Crippen LogP contribution >= 0.6 is 0 Å². The van der Waals surface area contributed by atoms with Crippen LogP contribution in [0, 0.1) is 12.7 Å². The van der Waals surface area contributed by atoms with Gasteiger partial charge in [0, 0.05) is 18.8 Å². The van der Waals surface area contributed by atoms with E-state index < -0.39 is 11.6 Å². The number of benzene rings is 1. The Hall–Kier alpha value is -2.30. The molecule has 0 aliphatic carbocycles. The van der Waals surface area contributed by atoms with Crippen LogP contribution in [-0.2, 0) is 7.05 Å². The van der Waals surface area contributed by atoms with E-state index >= 15 is 0 Å². The van der Waals surface area contributed by atoms with Crippen LogP contribution in [0.25, 0.3) is 0 Å². The summed E-state index contributed by atoms with van der Waals surface area (Å²) >= 11 is 0. The van der Waals surface area contributed by atoms with E-state index in [1.54, 1.807) is 26.2 Å². The zero-order chi connectivity index (χ0) is 14.0. The van der Waals surface area contributed by atoms with Gasteiger partial charge in [0.15, 0.2) is 11.6 Å². The Morgan fingerprint density at radius 1 is 1.26 bits per heavy atom. The first-order chi connectivity index (χ1) is 8.97. The lowest BCUT2D eigenvalue weighted by Crippen LogP contribution is -2.10. The van der Waals surface area contributed by atoms with Crippen LogP contribution in [0.5, 0.6) is 0 Å². The van der Waals surface area contributed by atoms with Crippen molar-refractivity contribution in [1.82, 2.24) is 9.78 Å². The van der Waals surface area contributed by atoms with E-state index in [-0.39, 0.29) is 23.5 Å². The molecule has 4 nitrogen and oxygen atoms in total. The maximum absolute atomic E-state index is 13.4. The van der Waals surface area contributed by atoms with Crippen molar-refractivity contribution in [2.24, 2.45) is 7.05 Å². The first kappa shape index (κ1) is 13.1. The molecule has 0 aliphatic rings. The topological polar surface area (TPSA) is 52.0 Å². The summed E-state index contributed by atoms with van der Waals surface area (Å²) in [5, 5.41) is 3.93. The number of halogens is 1. The SMILES string of the molecule is Cc1ccc(C(=O)CC(=O)c2ccn(C)n2)cc1F. The van der Waals surface area contributed by atoms with Gasteiger partial charge in [-0.05, 0) is 24.6 Å². The van der Waals surface area contributed by atoms with Gasteiger partial charge in [0.1, 0.15) is 11.5 Å². The van der Waals surface area contributed by atoms with E-state index in [0.29, 0.717) is 5.56 Å². The summed E-state index contributed by atoms with van der Waals surface area (Å²) in [6.45, 7) is 1.61. The van der Waals surface area contributed by atoms with Gasteiger partial charge in [0.05, 0.1) is 6.42 Å². The highest BCUT2D eigenvalue weighted by Crippen LogP contribution is 2.12. The van der Waals surface area contributed by atoms with Crippen LogP contribution in [0.3, 0.4) is 0 Å². The zero-order valence-corrected chi connectivity index (χ0v) is 10.7. The van der Waals surface area contributed by atoms with Gasteiger partial charge in [-0.2, -0.15) is 5.10 Å². The van der Waals surface area contributed by atoms with Crippen molar-refractivity contribution in [1.29, 1.82) is 0 Å². The maximum atomic E-state index is 13.4. The molecular weight excluding hydrogens is 247 g/mol. The number of carbonyl (C=O) groups is 2. The first-order valence-electron chi connectivity index (χ1n) is 5.79. The molecular formula is C14H13FN2O2. The van der Waals surface area contributed by atoms with Crippen molar-refractivity contribution in [2.75, 3.05) is 0 Å². The molecule has 98 valence electrons. The molecule has 0 bridgehead atoms. The minimum absolute atomic E-state index is 0.201. The number of carbonyl (C=O) groups excluding carboxylic acids is 2. The Labute approximate surface area is 109 Å². The molecule has 0 saturated carbocycles. The van der Waals surface area contributed by atoms with Crippen molar-refractivity contribution in [3.8, 4) is 0 Å². The fourth-order valence-corrected chi connectivity index (χ4v) is 1.67. The molecule has 0 N–H and O–H groups in total. The van der Waals surface area contributed by atoms with E-state index in [0.717, 1.165) is 6.07 Å². The predicted octanol–water partition coefficient (Wildman–Crippen LogP) is 2.32. The number of ketones is 2. The van der Waals surface area contributed by atoms with Crippen LogP contribution < -0.4 is 0 Å².